The molecule has 0 radical (unpaired) electrons. The van der Waals surface area contributed by atoms with Crippen LogP contribution in [-0.4, -0.2) is 48.7 Å². The number of carbonyl (C=O) groups excluding carboxylic acids is 1. The van der Waals surface area contributed by atoms with E-state index in [1.807, 2.05) is 0 Å². The molecule has 1 saturated carbocycles. The van der Waals surface area contributed by atoms with Crippen LogP contribution in [0.5, 0.6) is 0 Å². The molecule has 0 aromatic carbocycles. The predicted molar refractivity (Wildman–Crippen MR) is 50.4 cm³/mol. The first-order valence-electron chi connectivity index (χ1n) is 4.67. The Bertz CT molecular complexity index is 188. The zero-order chi connectivity index (χ0) is 9.90. The summed E-state index contributed by atoms with van der Waals surface area (Å²) in [4.78, 5) is 12.7. The molecule has 1 amide bonds. The van der Waals surface area contributed by atoms with Gasteiger partial charge in [-0.15, -0.1) is 0 Å². The van der Waals surface area contributed by atoms with Crippen molar-refractivity contribution in [2.45, 2.75) is 24.9 Å². The molecule has 0 saturated heterocycles. The second-order valence-electron chi connectivity index (χ2n) is 3.97. The Morgan fingerprint density at radius 1 is 1.54 bits per heavy atom. The van der Waals surface area contributed by atoms with Gasteiger partial charge in [0, 0.05) is 20.6 Å². The molecule has 0 heterocycles. The van der Waals surface area contributed by atoms with Gasteiger partial charge in [-0.3, -0.25) is 4.79 Å². The van der Waals surface area contributed by atoms with E-state index in [-0.39, 0.29) is 5.91 Å². The zero-order valence-electron chi connectivity index (χ0n) is 8.34. The number of hydrogen-bond donors (Lipinski definition) is 2. The second kappa shape index (κ2) is 4.07. The third-order valence-electron chi connectivity index (χ3n) is 2.51. The molecule has 76 valence electrons. The van der Waals surface area contributed by atoms with Crippen molar-refractivity contribution in [3.63, 3.8) is 0 Å². The number of aliphatic hydroxyl groups is 1. The SMILES string of the molecule is CN(C)C(=O)CNCC1(O)CCC1. The fraction of sp³-hybridized carbons (Fsp3) is 0.889. The Hall–Kier alpha value is -0.610. The highest BCUT2D eigenvalue weighted by Gasteiger charge is 2.33. The van der Waals surface area contributed by atoms with E-state index >= 15 is 0 Å². The Balaban J connectivity index is 2.10. The van der Waals surface area contributed by atoms with Crippen LogP contribution in [-0.2, 0) is 4.79 Å². The highest BCUT2D eigenvalue weighted by atomic mass is 16.3. The quantitative estimate of drug-likeness (QED) is 0.627. The van der Waals surface area contributed by atoms with Crippen molar-refractivity contribution in [1.29, 1.82) is 0 Å². The van der Waals surface area contributed by atoms with Crippen LogP contribution in [0, 0.1) is 0 Å². The maximum absolute atomic E-state index is 11.1. The van der Waals surface area contributed by atoms with Crippen LogP contribution < -0.4 is 5.32 Å². The maximum Gasteiger partial charge on any atom is 0.236 e. The van der Waals surface area contributed by atoms with E-state index in [0.717, 1.165) is 19.3 Å². The van der Waals surface area contributed by atoms with Crippen LogP contribution in [0.25, 0.3) is 0 Å². The Morgan fingerprint density at radius 3 is 2.54 bits per heavy atom. The molecule has 2 N–H and O–H groups in total. The standard InChI is InChI=1S/C9H18N2O2/c1-11(2)8(12)6-10-7-9(13)4-3-5-9/h10,13H,3-7H2,1-2H3. The lowest BCUT2D eigenvalue weighted by atomic mass is 9.80. The molecule has 1 fully saturated rings. The van der Waals surface area contributed by atoms with E-state index in [4.69, 9.17) is 0 Å². The number of hydrogen-bond acceptors (Lipinski definition) is 3. The first-order valence-corrected chi connectivity index (χ1v) is 4.67. The van der Waals surface area contributed by atoms with Gasteiger partial charge < -0.3 is 15.3 Å². The van der Waals surface area contributed by atoms with E-state index < -0.39 is 5.60 Å². The van der Waals surface area contributed by atoms with Crippen LogP contribution in [0.1, 0.15) is 19.3 Å². The summed E-state index contributed by atoms with van der Waals surface area (Å²) in [5, 5.41) is 12.6. The number of amides is 1. The predicted octanol–water partition coefficient (Wildman–Crippen LogP) is -0.421. The third kappa shape index (κ3) is 2.97. The van der Waals surface area contributed by atoms with Gasteiger partial charge in [0.05, 0.1) is 12.1 Å². The fourth-order valence-electron chi connectivity index (χ4n) is 1.32. The Kier molecular flexibility index (Phi) is 3.27. The van der Waals surface area contributed by atoms with E-state index in [2.05, 4.69) is 5.32 Å². The van der Waals surface area contributed by atoms with Crippen LogP contribution >= 0.6 is 0 Å². The maximum atomic E-state index is 11.1. The van der Waals surface area contributed by atoms with Gasteiger partial charge in [0.2, 0.25) is 5.91 Å². The molecule has 0 spiro atoms. The van der Waals surface area contributed by atoms with Gasteiger partial charge in [0.1, 0.15) is 0 Å². The van der Waals surface area contributed by atoms with Crippen molar-refractivity contribution >= 4 is 5.91 Å². The normalized spacial score (nSPS) is 19.3. The molecule has 0 aromatic heterocycles. The summed E-state index contributed by atoms with van der Waals surface area (Å²) in [6.45, 7) is 0.849. The minimum absolute atomic E-state index is 0.0444. The Labute approximate surface area is 78.9 Å². The van der Waals surface area contributed by atoms with Gasteiger partial charge in [-0.1, -0.05) is 0 Å². The van der Waals surface area contributed by atoms with Crippen molar-refractivity contribution in [2.24, 2.45) is 0 Å². The van der Waals surface area contributed by atoms with Gasteiger partial charge in [-0.2, -0.15) is 0 Å². The van der Waals surface area contributed by atoms with Gasteiger partial charge in [0.15, 0.2) is 0 Å². The summed E-state index contributed by atoms with van der Waals surface area (Å²) in [5.74, 6) is 0.0444. The highest BCUT2D eigenvalue weighted by molar-refractivity contribution is 5.77. The first-order chi connectivity index (χ1) is 6.03. The molecule has 1 aliphatic carbocycles. The van der Waals surface area contributed by atoms with Gasteiger partial charge in [0.25, 0.3) is 0 Å². The van der Waals surface area contributed by atoms with E-state index in [1.54, 1.807) is 14.1 Å². The molecule has 0 aromatic rings. The number of nitrogens with one attached hydrogen (secondary N) is 1. The molecule has 0 unspecified atom stereocenters. The van der Waals surface area contributed by atoms with Crippen molar-refractivity contribution in [3.8, 4) is 0 Å². The average molecular weight is 186 g/mol. The van der Waals surface area contributed by atoms with Crippen molar-refractivity contribution in [3.05, 3.63) is 0 Å². The monoisotopic (exact) mass is 186 g/mol. The molecule has 0 atom stereocenters. The molecule has 1 rings (SSSR count). The number of carbonyl (C=O) groups is 1. The fourth-order valence-corrected chi connectivity index (χ4v) is 1.32. The molecule has 0 bridgehead atoms. The van der Waals surface area contributed by atoms with Crippen LogP contribution in [0.3, 0.4) is 0 Å². The van der Waals surface area contributed by atoms with E-state index in [0.29, 0.717) is 13.1 Å². The lowest BCUT2D eigenvalue weighted by molar-refractivity contribution is -0.128. The molecular weight excluding hydrogens is 168 g/mol. The lowest BCUT2D eigenvalue weighted by Crippen LogP contribution is -2.48. The van der Waals surface area contributed by atoms with Crippen LogP contribution in [0.2, 0.25) is 0 Å². The summed E-state index contributed by atoms with van der Waals surface area (Å²) in [7, 11) is 3.45. The van der Waals surface area contributed by atoms with Crippen molar-refractivity contribution in [1.82, 2.24) is 10.2 Å². The molecular formula is C9H18N2O2. The number of likely N-dealkylation sites (N-methyl/N-ethyl adjacent to an activating group) is 1. The largest absolute Gasteiger partial charge is 0.389 e. The van der Waals surface area contributed by atoms with Gasteiger partial charge in [-0.25, -0.2) is 0 Å². The first kappa shape index (κ1) is 10.5. The van der Waals surface area contributed by atoms with Gasteiger partial charge in [-0.05, 0) is 19.3 Å². The summed E-state index contributed by atoms with van der Waals surface area (Å²) in [6.07, 6.45) is 2.81. The summed E-state index contributed by atoms with van der Waals surface area (Å²) in [6, 6.07) is 0. The van der Waals surface area contributed by atoms with E-state index in [9.17, 15) is 9.90 Å². The van der Waals surface area contributed by atoms with Crippen LogP contribution in [0.4, 0.5) is 0 Å². The topological polar surface area (TPSA) is 52.6 Å². The van der Waals surface area contributed by atoms with Gasteiger partial charge >= 0.3 is 0 Å². The minimum Gasteiger partial charge on any atom is -0.389 e. The second-order valence-corrected chi connectivity index (χ2v) is 3.97. The van der Waals surface area contributed by atoms with Crippen molar-refractivity contribution in [2.75, 3.05) is 27.2 Å². The molecule has 13 heavy (non-hydrogen) atoms. The number of nitrogens with zero attached hydrogens (tertiary/aromatic N) is 1. The Morgan fingerprint density at radius 2 is 2.15 bits per heavy atom. The van der Waals surface area contributed by atoms with E-state index in [1.165, 1.54) is 4.90 Å². The smallest absolute Gasteiger partial charge is 0.236 e. The molecule has 0 aliphatic heterocycles. The van der Waals surface area contributed by atoms with Crippen molar-refractivity contribution < 1.29 is 9.90 Å². The van der Waals surface area contributed by atoms with Crippen LogP contribution in [0.15, 0.2) is 0 Å². The molecule has 4 heteroatoms. The zero-order valence-corrected chi connectivity index (χ0v) is 8.34. The summed E-state index contributed by atoms with van der Waals surface area (Å²) < 4.78 is 0. The summed E-state index contributed by atoms with van der Waals surface area (Å²) >= 11 is 0. The highest BCUT2D eigenvalue weighted by Crippen LogP contribution is 2.30. The molecule has 4 nitrogen and oxygen atoms in total. The number of rotatable bonds is 4. The minimum atomic E-state index is -0.535. The average Bonchev–Trinajstić information content (AvgIpc) is 2.01. The lowest BCUT2D eigenvalue weighted by Gasteiger charge is -2.36. The summed E-state index contributed by atoms with van der Waals surface area (Å²) in [5.41, 5.74) is -0.535. The third-order valence-corrected chi connectivity index (χ3v) is 2.51. The molecule has 1 aliphatic rings.